The van der Waals surface area contributed by atoms with Crippen LogP contribution in [0.5, 0.6) is 0 Å². The third-order valence-corrected chi connectivity index (χ3v) is 1.79. The highest BCUT2D eigenvalue weighted by atomic mass is 16.6. The van der Waals surface area contributed by atoms with E-state index in [9.17, 15) is 0 Å². The van der Waals surface area contributed by atoms with Crippen molar-refractivity contribution in [3.63, 3.8) is 0 Å². The molecule has 1 aliphatic heterocycles. The van der Waals surface area contributed by atoms with Gasteiger partial charge in [-0.05, 0) is 12.8 Å². The summed E-state index contributed by atoms with van der Waals surface area (Å²) in [6.07, 6.45) is 1.08. The fraction of sp³-hybridized carbons (Fsp3) is 0.875. The van der Waals surface area contributed by atoms with Crippen LogP contribution < -0.4 is 0 Å². The maximum Gasteiger partial charge on any atom is 0.0840 e. The van der Waals surface area contributed by atoms with E-state index in [4.69, 9.17) is 16.4 Å². The first kappa shape index (κ1) is 8.02. The van der Waals surface area contributed by atoms with Gasteiger partial charge in [0.1, 0.15) is 0 Å². The molecule has 0 aromatic carbocycles. The predicted molar refractivity (Wildman–Crippen MR) is 38.6 cm³/mol. The monoisotopic (exact) mass is 142 g/mol. The first-order valence-electron chi connectivity index (χ1n) is 3.79. The van der Waals surface area contributed by atoms with Gasteiger partial charge in [0.25, 0.3) is 0 Å². The Kier molecular flexibility index (Phi) is 3.16. The fourth-order valence-corrected chi connectivity index (χ4v) is 1.02. The van der Waals surface area contributed by atoms with Gasteiger partial charge in [0.05, 0.1) is 25.9 Å². The number of ether oxygens (including phenoxy) is 2. The van der Waals surface area contributed by atoms with E-state index in [-0.39, 0.29) is 12.0 Å². The van der Waals surface area contributed by atoms with Crippen LogP contribution in [0.2, 0.25) is 0 Å². The predicted octanol–water partition coefficient (Wildman–Crippen LogP) is 1.14. The number of hydrogen-bond donors (Lipinski definition) is 0. The van der Waals surface area contributed by atoms with Crippen LogP contribution in [0.1, 0.15) is 13.3 Å². The molecule has 1 aliphatic rings. The van der Waals surface area contributed by atoms with E-state index in [1.165, 1.54) is 0 Å². The van der Waals surface area contributed by atoms with Gasteiger partial charge >= 0.3 is 0 Å². The van der Waals surface area contributed by atoms with Crippen LogP contribution in [0, 0.1) is 12.8 Å². The van der Waals surface area contributed by atoms with Crippen LogP contribution in [0.15, 0.2) is 0 Å². The van der Waals surface area contributed by atoms with Crippen molar-refractivity contribution in [1.82, 2.24) is 0 Å². The van der Waals surface area contributed by atoms with Gasteiger partial charge in [-0.15, -0.1) is 0 Å². The molecule has 1 saturated heterocycles. The van der Waals surface area contributed by atoms with E-state index in [1.807, 2.05) is 0 Å². The zero-order valence-corrected chi connectivity index (χ0v) is 6.38. The first-order valence-corrected chi connectivity index (χ1v) is 3.79. The molecule has 2 atom stereocenters. The van der Waals surface area contributed by atoms with Crippen LogP contribution in [-0.4, -0.2) is 25.9 Å². The Morgan fingerprint density at radius 3 is 2.90 bits per heavy atom. The van der Waals surface area contributed by atoms with Gasteiger partial charge in [-0.2, -0.15) is 0 Å². The molecule has 0 N–H and O–H groups in total. The van der Waals surface area contributed by atoms with Gasteiger partial charge in [-0.3, -0.25) is 0 Å². The topological polar surface area (TPSA) is 18.5 Å². The van der Waals surface area contributed by atoms with Crippen LogP contribution in [0.25, 0.3) is 0 Å². The molecule has 0 saturated carbocycles. The average Bonchev–Trinajstić information content (AvgIpc) is 2.05. The molecule has 0 amide bonds. The lowest BCUT2D eigenvalue weighted by atomic mass is 10.0. The minimum Gasteiger partial charge on any atom is -0.376 e. The van der Waals surface area contributed by atoms with Crippen molar-refractivity contribution >= 4 is 0 Å². The summed E-state index contributed by atoms with van der Waals surface area (Å²) >= 11 is 0. The minimum absolute atomic E-state index is 0.124. The second-order valence-electron chi connectivity index (χ2n) is 2.56. The van der Waals surface area contributed by atoms with Crippen molar-refractivity contribution in [2.45, 2.75) is 19.4 Å². The molecule has 2 nitrogen and oxygen atoms in total. The molecule has 0 spiro atoms. The Bertz CT molecular complexity index is 87.3. The van der Waals surface area contributed by atoms with Crippen molar-refractivity contribution in [1.29, 1.82) is 0 Å². The number of rotatable bonds is 2. The van der Waals surface area contributed by atoms with Crippen LogP contribution in [0.3, 0.4) is 0 Å². The summed E-state index contributed by atoms with van der Waals surface area (Å²) in [6.45, 7) is 9.87. The first-order chi connectivity index (χ1) is 4.84. The maximum absolute atomic E-state index is 5.74. The average molecular weight is 142 g/mol. The fourth-order valence-electron chi connectivity index (χ4n) is 1.02. The quantitative estimate of drug-likeness (QED) is 0.575. The molecule has 0 aliphatic carbocycles. The molecule has 2 unspecified atom stereocenters. The van der Waals surface area contributed by atoms with Crippen molar-refractivity contribution in [3.8, 4) is 0 Å². The zero-order valence-electron chi connectivity index (χ0n) is 6.38. The van der Waals surface area contributed by atoms with E-state index in [1.54, 1.807) is 0 Å². The SMILES string of the molecule is [CH]C(CC)C1COCCO1. The lowest BCUT2D eigenvalue weighted by molar-refractivity contribution is -0.104. The lowest BCUT2D eigenvalue weighted by Crippen LogP contribution is -2.33. The van der Waals surface area contributed by atoms with Crippen molar-refractivity contribution in [3.05, 3.63) is 6.92 Å². The third kappa shape index (κ3) is 1.96. The summed E-state index contributed by atoms with van der Waals surface area (Å²) < 4.78 is 10.6. The molecule has 0 bridgehead atoms. The van der Waals surface area contributed by atoms with Gasteiger partial charge in [0, 0.05) is 0 Å². The summed E-state index contributed by atoms with van der Waals surface area (Å²) in [5, 5.41) is 0. The van der Waals surface area contributed by atoms with Crippen molar-refractivity contribution < 1.29 is 9.47 Å². The van der Waals surface area contributed by atoms with Gasteiger partial charge in [0.15, 0.2) is 0 Å². The normalized spacial score (nSPS) is 30.0. The lowest BCUT2D eigenvalue weighted by Gasteiger charge is -2.27. The Labute approximate surface area is 62.5 Å². The molecule has 0 aromatic heterocycles. The summed E-state index contributed by atoms with van der Waals surface area (Å²) in [5.74, 6) is 0.139. The second-order valence-corrected chi connectivity index (χ2v) is 2.56. The molecule has 2 radical (unpaired) electrons. The van der Waals surface area contributed by atoms with Gasteiger partial charge in [0.2, 0.25) is 0 Å². The molecule has 0 aromatic rings. The summed E-state index contributed by atoms with van der Waals surface area (Å²) in [4.78, 5) is 0. The third-order valence-electron chi connectivity index (χ3n) is 1.79. The Balaban J connectivity index is 2.24. The maximum atomic E-state index is 5.74. The summed E-state index contributed by atoms with van der Waals surface area (Å²) in [6, 6.07) is 0. The molecular formula is C8H14O2. The largest absolute Gasteiger partial charge is 0.376 e. The Morgan fingerprint density at radius 2 is 2.40 bits per heavy atom. The highest BCUT2D eigenvalue weighted by molar-refractivity contribution is 4.72. The smallest absolute Gasteiger partial charge is 0.0840 e. The van der Waals surface area contributed by atoms with Gasteiger partial charge in [-0.25, -0.2) is 0 Å². The van der Waals surface area contributed by atoms with E-state index >= 15 is 0 Å². The molecule has 10 heavy (non-hydrogen) atoms. The van der Waals surface area contributed by atoms with Crippen LogP contribution in [0.4, 0.5) is 0 Å². The number of hydrogen-bond acceptors (Lipinski definition) is 2. The molecular weight excluding hydrogens is 128 g/mol. The van der Waals surface area contributed by atoms with Gasteiger partial charge in [-0.1, -0.05) is 13.3 Å². The summed E-state index contributed by atoms with van der Waals surface area (Å²) in [5.41, 5.74) is 0. The molecule has 1 heterocycles. The zero-order chi connectivity index (χ0) is 7.40. The van der Waals surface area contributed by atoms with Crippen molar-refractivity contribution in [2.24, 2.45) is 5.92 Å². The van der Waals surface area contributed by atoms with E-state index < -0.39 is 0 Å². The Morgan fingerprint density at radius 1 is 1.60 bits per heavy atom. The van der Waals surface area contributed by atoms with E-state index in [0.29, 0.717) is 19.8 Å². The van der Waals surface area contributed by atoms with E-state index in [0.717, 1.165) is 6.42 Å². The van der Waals surface area contributed by atoms with Crippen molar-refractivity contribution in [2.75, 3.05) is 19.8 Å². The minimum atomic E-state index is 0.124. The van der Waals surface area contributed by atoms with Gasteiger partial charge < -0.3 is 9.47 Å². The standard InChI is InChI=1S/C8H14O2/c1-3-7(2)8-6-9-4-5-10-8/h2,7-8H,3-6H2,1H3. The highest BCUT2D eigenvalue weighted by Gasteiger charge is 2.19. The van der Waals surface area contributed by atoms with Crippen LogP contribution >= 0.6 is 0 Å². The molecule has 1 fully saturated rings. The van der Waals surface area contributed by atoms with E-state index in [2.05, 4.69) is 6.92 Å². The highest BCUT2D eigenvalue weighted by Crippen LogP contribution is 2.13. The van der Waals surface area contributed by atoms with Crippen LogP contribution in [-0.2, 0) is 9.47 Å². The molecule has 1 rings (SSSR count). The second kappa shape index (κ2) is 3.94. The summed E-state index contributed by atoms with van der Waals surface area (Å²) in [7, 11) is 0. The Hall–Kier alpha value is -0.0800. The molecule has 58 valence electrons. The molecule has 2 heteroatoms.